The number of nitrogens with zero attached hydrogens (tertiary/aromatic N) is 5. The Kier molecular flexibility index (Phi) is 6.74. The number of alkyl halides is 3. The molecule has 2 saturated heterocycles. The first kappa shape index (κ1) is 24.6. The van der Waals surface area contributed by atoms with Crippen molar-refractivity contribution >= 4 is 17.5 Å². The van der Waals surface area contributed by atoms with Crippen LogP contribution in [0, 0.1) is 29.1 Å². The number of imidazole rings is 1. The van der Waals surface area contributed by atoms with E-state index in [-0.39, 0.29) is 29.6 Å². The Bertz CT molecular complexity index is 1150. The molecule has 2 atom stereocenters. The number of amides is 2. The molecule has 186 valence electrons. The van der Waals surface area contributed by atoms with Crippen LogP contribution in [0.25, 0.3) is 0 Å². The van der Waals surface area contributed by atoms with Crippen LogP contribution in [0.4, 0.5) is 18.9 Å². The van der Waals surface area contributed by atoms with E-state index < -0.39 is 17.3 Å². The zero-order chi connectivity index (χ0) is 25.3. The van der Waals surface area contributed by atoms with E-state index in [0.717, 1.165) is 6.07 Å². The van der Waals surface area contributed by atoms with Gasteiger partial charge in [0.05, 0.1) is 35.6 Å². The number of hydrogen-bond acceptors (Lipinski definition) is 5. The van der Waals surface area contributed by atoms with Crippen LogP contribution in [0.15, 0.2) is 30.7 Å². The Morgan fingerprint density at radius 2 is 1.91 bits per heavy atom. The second-order valence-electron chi connectivity index (χ2n) is 9.15. The molecule has 3 heterocycles. The molecular weight excluding hydrogens is 461 g/mol. The van der Waals surface area contributed by atoms with E-state index >= 15 is 0 Å². The molecule has 4 rings (SSSR count). The van der Waals surface area contributed by atoms with Crippen molar-refractivity contribution in [3.8, 4) is 6.07 Å². The van der Waals surface area contributed by atoms with Gasteiger partial charge in [0.15, 0.2) is 0 Å². The SMILES string of the molecule is CNC(=O)[C@@H]1CN(C(=O)c2cncn2C)C[C@H]1C1CCN(c2ccc(C#N)c(C(F)(F)F)c2)CC1. The van der Waals surface area contributed by atoms with Gasteiger partial charge >= 0.3 is 6.18 Å². The molecule has 35 heavy (non-hydrogen) atoms. The van der Waals surface area contributed by atoms with E-state index in [1.807, 2.05) is 4.90 Å². The summed E-state index contributed by atoms with van der Waals surface area (Å²) >= 11 is 0. The van der Waals surface area contributed by atoms with Crippen LogP contribution >= 0.6 is 0 Å². The number of nitriles is 1. The lowest BCUT2D eigenvalue weighted by Gasteiger charge is -2.37. The fourth-order valence-electron chi connectivity index (χ4n) is 5.31. The summed E-state index contributed by atoms with van der Waals surface area (Å²) in [5, 5.41) is 11.7. The molecule has 2 aliphatic rings. The highest BCUT2D eigenvalue weighted by Crippen LogP contribution is 2.39. The third kappa shape index (κ3) is 4.83. The standard InChI is InChI=1S/C24H27F3N6O2/c1-29-22(34)19-13-33(23(35)21-11-30-14-31(21)2)12-18(19)15-5-7-32(8-6-15)17-4-3-16(10-28)20(9-17)24(25,26)27/h3-4,9,11,14-15,18-19H,5-8,12-13H2,1-2H3,(H,29,34)/t18-,19+/m0/s1. The number of likely N-dealkylation sites (tertiary alicyclic amines) is 1. The summed E-state index contributed by atoms with van der Waals surface area (Å²) in [6.45, 7) is 1.82. The number of halogens is 3. The highest BCUT2D eigenvalue weighted by Gasteiger charge is 2.44. The van der Waals surface area contributed by atoms with E-state index in [0.29, 0.717) is 50.4 Å². The van der Waals surface area contributed by atoms with Crippen LogP contribution in [0.2, 0.25) is 0 Å². The third-order valence-corrected chi connectivity index (χ3v) is 7.21. The number of carbonyl (C=O) groups is 2. The topological polar surface area (TPSA) is 94.3 Å². The Hall–Kier alpha value is -3.55. The van der Waals surface area contributed by atoms with Crippen LogP contribution in [-0.2, 0) is 18.0 Å². The molecule has 1 aromatic carbocycles. The molecule has 2 amide bonds. The van der Waals surface area contributed by atoms with Gasteiger partial charge < -0.3 is 19.7 Å². The predicted octanol–water partition coefficient (Wildman–Crippen LogP) is 2.66. The maximum atomic E-state index is 13.4. The number of aromatic nitrogens is 2. The molecule has 0 unspecified atom stereocenters. The monoisotopic (exact) mass is 488 g/mol. The minimum atomic E-state index is -4.60. The van der Waals surface area contributed by atoms with Crippen molar-refractivity contribution < 1.29 is 22.8 Å². The van der Waals surface area contributed by atoms with Crippen LogP contribution in [0.5, 0.6) is 0 Å². The van der Waals surface area contributed by atoms with E-state index in [4.69, 9.17) is 5.26 Å². The summed E-state index contributed by atoms with van der Waals surface area (Å²) < 4.78 is 41.8. The maximum absolute atomic E-state index is 13.4. The quantitative estimate of drug-likeness (QED) is 0.714. The summed E-state index contributed by atoms with van der Waals surface area (Å²) in [7, 11) is 3.32. The fourth-order valence-corrected chi connectivity index (χ4v) is 5.31. The molecule has 11 heteroatoms. The molecule has 0 aliphatic carbocycles. The summed E-state index contributed by atoms with van der Waals surface area (Å²) in [5.74, 6) is -0.518. The number of aryl methyl sites for hydroxylation is 1. The number of piperidine rings is 1. The van der Waals surface area contributed by atoms with Gasteiger partial charge in [-0.2, -0.15) is 18.4 Å². The molecule has 8 nitrogen and oxygen atoms in total. The molecule has 2 aliphatic heterocycles. The van der Waals surface area contributed by atoms with Crippen molar-refractivity contribution in [1.29, 1.82) is 5.26 Å². The summed E-state index contributed by atoms with van der Waals surface area (Å²) in [6.07, 6.45) is -0.162. The number of carbonyl (C=O) groups excluding carboxylic acids is 2. The first-order chi connectivity index (χ1) is 16.6. The van der Waals surface area contributed by atoms with Gasteiger partial charge in [-0.25, -0.2) is 4.98 Å². The lowest BCUT2D eigenvalue weighted by molar-refractivity contribution is -0.137. The molecule has 1 N–H and O–H groups in total. The number of hydrogen-bond donors (Lipinski definition) is 1. The largest absolute Gasteiger partial charge is 0.417 e. The Labute approximate surface area is 201 Å². The lowest BCUT2D eigenvalue weighted by Crippen LogP contribution is -2.41. The molecule has 1 aromatic heterocycles. The van der Waals surface area contributed by atoms with Crippen LogP contribution < -0.4 is 10.2 Å². The molecule has 2 fully saturated rings. The van der Waals surface area contributed by atoms with Crippen LogP contribution in [0.1, 0.15) is 34.5 Å². The zero-order valence-corrected chi connectivity index (χ0v) is 19.5. The van der Waals surface area contributed by atoms with Crippen LogP contribution in [-0.4, -0.2) is 59.5 Å². The van der Waals surface area contributed by atoms with Gasteiger partial charge in [-0.15, -0.1) is 0 Å². The first-order valence-corrected chi connectivity index (χ1v) is 11.5. The molecule has 0 spiro atoms. The van der Waals surface area contributed by atoms with E-state index in [2.05, 4.69) is 10.3 Å². The number of nitrogens with one attached hydrogen (secondary N) is 1. The van der Waals surface area contributed by atoms with Gasteiger partial charge in [0.2, 0.25) is 5.91 Å². The van der Waals surface area contributed by atoms with Gasteiger partial charge in [0.1, 0.15) is 5.69 Å². The molecule has 0 radical (unpaired) electrons. The van der Waals surface area contributed by atoms with E-state index in [9.17, 15) is 22.8 Å². The number of rotatable bonds is 4. The minimum Gasteiger partial charge on any atom is -0.372 e. The van der Waals surface area contributed by atoms with E-state index in [1.54, 1.807) is 42.0 Å². The van der Waals surface area contributed by atoms with Gasteiger partial charge in [-0.1, -0.05) is 0 Å². The Morgan fingerprint density at radius 1 is 1.20 bits per heavy atom. The van der Waals surface area contributed by atoms with Crippen molar-refractivity contribution in [1.82, 2.24) is 19.8 Å². The second-order valence-corrected chi connectivity index (χ2v) is 9.15. The molecule has 0 saturated carbocycles. The second kappa shape index (κ2) is 9.60. The molecular formula is C24H27F3N6O2. The molecule has 0 bridgehead atoms. The smallest absolute Gasteiger partial charge is 0.372 e. The van der Waals surface area contributed by atoms with Gasteiger partial charge in [0.25, 0.3) is 5.91 Å². The Morgan fingerprint density at radius 3 is 2.49 bits per heavy atom. The summed E-state index contributed by atoms with van der Waals surface area (Å²) in [4.78, 5) is 33.3. The number of anilines is 1. The highest BCUT2D eigenvalue weighted by atomic mass is 19.4. The normalized spacial score (nSPS) is 21.1. The maximum Gasteiger partial charge on any atom is 0.417 e. The molecule has 2 aromatic rings. The van der Waals surface area contributed by atoms with E-state index in [1.165, 1.54) is 12.3 Å². The van der Waals surface area contributed by atoms with Crippen molar-refractivity contribution in [2.75, 3.05) is 38.1 Å². The first-order valence-electron chi connectivity index (χ1n) is 11.5. The van der Waals surface area contributed by atoms with Gasteiger partial charge in [-0.05, 0) is 42.9 Å². The van der Waals surface area contributed by atoms with Crippen molar-refractivity contribution in [2.45, 2.75) is 19.0 Å². The highest BCUT2D eigenvalue weighted by molar-refractivity contribution is 5.93. The predicted molar refractivity (Wildman–Crippen MR) is 121 cm³/mol. The average Bonchev–Trinajstić information content (AvgIpc) is 3.49. The Balaban J connectivity index is 1.48. The average molecular weight is 489 g/mol. The van der Waals surface area contributed by atoms with Crippen LogP contribution in [0.3, 0.4) is 0 Å². The summed E-state index contributed by atoms with van der Waals surface area (Å²) in [5.41, 5.74) is -0.442. The van der Waals surface area contributed by atoms with Crippen molar-refractivity contribution in [3.05, 3.63) is 47.5 Å². The minimum absolute atomic E-state index is 0.0408. The van der Waals surface area contributed by atoms with Gasteiger partial charge in [-0.3, -0.25) is 9.59 Å². The van der Waals surface area contributed by atoms with Crippen molar-refractivity contribution in [2.24, 2.45) is 24.8 Å². The zero-order valence-electron chi connectivity index (χ0n) is 19.5. The third-order valence-electron chi connectivity index (χ3n) is 7.21. The fraction of sp³-hybridized carbons (Fsp3) is 0.500. The number of benzene rings is 1. The van der Waals surface area contributed by atoms with Crippen molar-refractivity contribution in [3.63, 3.8) is 0 Å². The van der Waals surface area contributed by atoms with Gasteiger partial charge in [0, 0.05) is 46.0 Å². The summed E-state index contributed by atoms with van der Waals surface area (Å²) in [6, 6.07) is 5.41. The lowest BCUT2D eigenvalue weighted by atomic mass is 9.78.